The Labute approximate surface area is 130 Å². The van der Waals surface area contributed by atoms with Crippen molar-refractivity contribution in [2.24, 2.45) is 0 Å². The van der Waals surface area contributed by atoms with Crippen molar-refractivity contribution in [3.05, 3.63) is 30.9 Å². The van der Waals surface area contributed by atoms with Crippen LogP contribution >= 0.6 is 0 Å². The molecule has 0 spiro atoms. The van der Waals surface area contributed by atoms with Crippen LogP contribution < -0.4 is 15.0 Å². The van der Waals surface area contributed by atoms with Crippen LogP contribution in [0.2, 0.25) is 0 Å². The molecule has 1 aliphatic heterocycles. The van der Waals surface area contributed by atoms with E-state index < -0.39 is 6.10 Å². The van der Waals surface area contributed by atoms with Crippen molar-refractivity contribution in [1.82, 2.24) is 0 Å². The molecule has 5 nitrogen and oxygen atoms in total. The Balaban J connectivity index is 2.23. The maximum atomic E-state index is 12.2. The van der Waals surface area contributed by atoms with Gasteiger partial charge in [-0.3, -0.25) is 9.59 Å². The Morgan fingerprint density at radius 3 is 2.95 bits per heavy atom. The molecule has 0 radical (unpaired) electrons. The predicted molar refractivity (Wildman–Crippen MR) is 87.2 cm³/mol. The number of nitrogens with zero attached hydrogens (tertiary/aromatic N) is 1. The van der Waals surface area contributed by atoms with E-state index in [0.29, 0.717) is 30.1 Å². The van der Waals surface area contributed by atoms with Crippen LogP contribution in [0.15, 0.2) is 30.9 Å². The second-order valence-electron chi connectivity index (χ2n) is 5.33. The molecule has 1 aromatic rings. The molecule has 0 saturated carbocycles. The highest BCUT2D eigenvalue weighted by Gasteiger charge is 2.30. The number of carbonyl (C=O) groups is 2. The highest BCUT2D eigenvalue weighted by molar-refractivity contribution is 6.01. The first-order chi connectivity index (χ1) is 10.6. The third-order valence-electron chi connectivity index (χ3n) is 3.52. The van der Waals surface area contributed by atoms with E-state index in [1.807, 2.05) is 6.92 Å². The van der Waals surface area contributed by atoms with Crippen LogP contribution in [0.3, 0.4) is 0 Å². The summed E-state index contributed by atoms with van der Waals surface area (Å²) in [7, 11) is 0. The summed E-state index contributed by atoms with van der Waals surface area (Å²) in [5, 5.41) is 2.86. The molecule has 1 atom stereocenters. The number of anilines is 2. The Bertz CT molecular complexity index is 583. The summed E-state index contributed by atoms with van der Waals surface area (Å²) < 4.78 is 5.61. The van der Waals surface area contributed by atoms with E-state index in [1.54, 1.807) is 36.1 Å². The number of amides is 2. The third-order valence-corrected chi connectivity index (χ3v) is 3.52. The van der Waals surface area contributed by atoms with Crippen LogP contribution in [0.1, 0.15) is 33.1 Å². The number of ether oxygens (including phenoxy) is 1. The number of fused-ring (bicyclic) bond motifs is 1. The highest BCUT2D eigenvalue weighted by atomic mass is 16.5. The van der Waals surface area contributed by atoms with E-state index in [9.17, 15) is 9.59 Å². The first-order valence-corrected chi connectivity index (χ1v) is 7.59. The standard InChI is InChI=1S/C17H22N2O3/c1-4-6-7-16(20)18-13-8-9-15-14(11-13)19(10-5-2)17(21)12(3)22-15/h5,8-9,11-12H,2,4,6-7,10H2,1,3H3,(H,18,20). The Hall–Kier alpha value is -2.30. The molecule has 5 heteroatoms. The average Bonchev–Trinajstić information content (AvgIpc) is 2.50. The van der Waals surface area contributed by atoms with Gasteiger partial charge < -0.3 is 15.0 Å². The molecule has 0 aliphatic carbocycles. The van der Waals surface area contributed by atoms with Gasteiger partial charge in [0.05, 0.1) is 5.69 Å². The van der Waals surface area contributed by atoms with Gasteiger partial charge in [-0.2, -0.15) is 0 Å². The zero-order valence-corrected chi connectivity index (χ0v) is 13.1. The molecule has 2 rings (SSSR count). The van der Waals surface area contributed by atoms with Crippen molar-refractivity contribution in [3.8, 4) is 5.75 Å². The number of hydrogen-bond acceptors (Lipinski definition) is 3. The van der Waals surface area contributed by atoms with Crippen molar-refractivity contribution in [3.63, 3.8) is 0 Å². The van der Waals surface area contributed by atoms with E-state index in [1.165, 1.54) is 0 Å². The summed E-state index contributed by atoms with van der Waals surface area (Å²) in [5.41, 5.74) is 1.33. The smallest absolute Gasteiger partial charge is 0.268 e. The number of rotatable bonds is 6. The summed E-state index contributed by atoms with van der Waals surface area (Å²) in [5.74, 6) is 0.510. The maximum absolute atomic E-state index is 12.2. The second kappa shape index (κ2) is 7.11. The van der Waals surface area contributed by atoms with Crippen molar-refractivity contribution in [1.29, 1.82) is 0 Å². The van der Waals surface area contributed by atoms with Crippen LogP contribution in [-0.2, 0) is 9.59 Å². The molecule has 118 valence electrons. The first-order valence-electron chi connectivity index (χ1n) is 7.59. The van der Waals surface area contributed by atoms with Gasteiger partial charge in [0.1, 0.15) is 5.75 Å². The van der Waals surface area contributed by atoms with Gasteiger partial charge in [0.25, 0.3) is 5.91 Å². The Kier molecular flexibility index (Phi) is 5.20. The minimum atomic E-state index is -0.516. The number of carbonyl (C=O) groups excluding carboxylic acids is 2. The molecule has 1 aromatic carbocycles. The van der Waals surface area contributed by atoms with Gasteiger partial charge >= 0.3 is 0 Å². The Morgan fingerprint density at radius 1 is 1.50 bits per heavy atom. The molecule has 22 heavy (non-hydrogen) atoms. The largest absolute Gasteiger partial charge is 0.479 e. The monoisotopic (exact) mass is 302 g/mol. The van der Waals surface area contributed by atoms with E-state index in [-0.39, 0.29) is 11.8 Å². The molecule has 0 aromatic heterocycles. The van der Waals surface area contributed by atoms with Crippen LogP contribution in [0.25, 0.3) is 0 Å². The lowest BCUT2D eigenvalue weighted by Gasteiger charge is -2.32. The fraction of sp³-hybridized carbons (Fsp3) is 0.412. The van der Waals surface area contributed by atoms with Crippen molar-refractivity contribution in [2.45, 2.75) is 39.2 Å². The number of nitrogens with one attached hydrogen (secondary N) is 1. The predicted octanol–water partition coefficient (Wildman–Crippen LogP) is 3.12. The van der Waals surface area contributed by atoms with E-state index in [2.05, 4.69) is 11.9 Å². The molecule has 2 amide bonds. The van der Waals surface area contributed by atoms with Gasteiger partial charge in [-0.1, -0.05) is 19.4 Å². The van der Waals surface area contributed by atoms with Crippen LogP contribution in [-0.4, -0.2) is 24.5 Å². The number of benzene rings is 1. The quantitative estimate of drug-likeness (QED) is 0.821. The van der Waals surface area contributed by atoms with Gasteiger partial charge in [-0.15, -0.1) is 6.58 Å². The molecule has 1 aliphatic rings. The van der Waals surface area contributed by atoms with Crippen LogP contribution in [0.4, 0.5) is 11.4 Å². The zero-order chi connectivity index (χ0) is 16.1. The van der Waals surface area contributed by atoms with Crippen molar-refractivity contribution in [2.75, 3.05) is 16.8 Å². The summed E-state index contributed by atoms with van der Waals surface area (Å²) >= 11 is 0. The molecule has 1 unspecified atom stereocenters. The first kappa shape index (κ1) is 16.1. The summed E-state index contributed by atoms with van der Waals surface area (Å²) in [4.78, 5) is 25.7. The number of hydrogen-bond donors (Lipinski definition) is 1. The topological polar surface area (TPSA) is 58.6 Å². The van der Waals surface area contributed by atoms with E-state index in [0.717, 1.165) is 12.8 Å². The minimum absolute atomic E-state index is 0.0199. The average molecular weight is 302 g/mol. The lowest BCUT2D eigenvalue weighted by molar-refractivity contribution is -0.125. The SMILES string of the molecule is C=CCN1C(=O)C(C)Oc2ccc(NC(=O)CCCC)cc21. The van der Waals surface area contributed by atoms with Gasteiger partial charge in [0.2, 0.25) is 5.91 Å². The van der Waals surface area contributed by atoms with Crippen molar-refractivity contribution < 1.29 is 14.3 Å². The molecule has 1 heterocycles. The van der Waals surface area contributed by atoms with Crippen LogP contribution in [0.5, 0.6) is 5.75 Å². The molecule has 0 fully saturated rings. The highest BCUT2D eigenvalue weighted by Crippen LogP contribution is 2.36. The van der Waals surface area contributed by atoms with Gasteiger partial charge in [-0.25, -0.2) is 0 Å². The summed E-state index contributed by atoms with van der Waals surface area (Å²) in [6.45, 7) is 7.87. The number of unbranched alkanes of at least 4 members (excludes halogenated alkanes) is 1. The normalized spacial score (nSPS) is 16.7. The Morgan fingerprint density at radius 2 is 2.27 bits per heavy atom. The van der Waals surface area contributed by atoms with Gasteiger partial charge in [0.15, 0.2) is 6.10 Å². The lowest BCUT2D eigenvalue weighted by atomic mass is 10.1. The third kappa shape index (κ3) is 3.47. The fourth-order valence-corrected chi connectivity index (χ4v) is 2.36. The minimum Gasteiger partial charge on any atom is -0.479 e. The molecule has 0 saturated heterocycles. The van der Waals surface area contributed by atoms with Gasteiger partial charge in [-0.05, 0) is 31.5 Å². The van der Waals surface area contributed by atoms with E-state index in [4.69, 9.17) is 4.74 Å². The van der Waals surface area contributed by atoms with E-state index >= 15 is 0 Å². The lowest BCUT2D eigenvalue weighted by Crippen LogP contribution is -2.44. The summed E-state index contributed by atoms with van der Waals surface area (Å²) in [6.07, 6.45) is 3.49. The zero-order valence-electron chi connectivity index (χ0n) is 13.1. The fourth-order valence-electron chi connectivity index (χ4n) is 2.36. The summed E-state index contributed by atoms with van der Waals surface area (Å²) in [6, 6.07) is 5.34. The molecular weight excluding hydrogens is 280 g/mol. The van der Waals surface area contributed by atoms with Crippen molar-refractivity contribution >= 4 is 23.2 Å². The maximum Gasteiger partial charge on any atom is 0.268 e. The van der Waals surface area contributed by atoms with Crippen LogP contribution in [0, 0.1) is 0 Å². The second-order valence-corrected chi connectivity index (χ2v) is 5.33. The molecule has 1 N–H and O–H groups in total. The van der Waals surface area contributed by atoms with Gasteiger partial charge in [0, 0.05) is 18.7 Å². The molecule has 0 bridgehead atoms. The molecular formula is C17H22N2O3.